The number of rotatable bonds is 5. The highest BCUT2D eigenvalue weighted by Crippen LogP contribution is 2.43. The van der Waals surface area contributed by atoms with Crippen LogP contribution in [0.25, 0.3) is 0 Å². The van der Waals surface area contributed by atoms with E-state index in [1.54, 1.807) is 9.21 Å². The van der Waals surface area contributed by atoms with Gasteiger partial charge in [0.1, 0.15) is 6.61 Å². The monoisotopic (exact) mass is 364 g/mol. The summed E-state index contributed by atoms with van der Waals surface area (Å²) in [6, 6.07) is 9.74. The second-order valence-electron chi connectivity index (χ2n) is 7.27. The maximum absolute atomic E-state index is 12.5. The fraction of sp³-hybridized carbons (Fsp3) is 0.611. The summed E-state index contributed by atoms with van der Waals surface area (Å²) in [5, 5.41) is 0. The van der Waals surface area contributed by atoms with Gasteiger partial charge in [-0.25, -0.2) is 17.5 Å². The van der Waals surface area contributed by atoms with Gasteiger partial charge in [-0.1, -0.05) is 30.3 Å². The van der Waals surface area contributed by atoms with Crippen LogP contribution in [-0.2, 0) is 21.4 Å². The number of carbonyl (C=O) groups is 1. The zero-order chi connectivity index (χ0) is 17.4. The van der Waals surface area contributed by atoms with E-state index in [0.29, 0.717) is 13.1 Å². The highest BCUT2D eigenvalue weighted by atomic mass is 32.2. The number of hydrogen-bond acceptors (Lipinski definition) is 4. The largest absolute Gasteiger partial charge is 0.445 e. The quantitative estimate of drug-likeness (QED) is 0.803. The van der Waals surface area contributed by atoms with Crippen LogP contribution >= 0.6 is 0 Å². The average molecular weight is 364 g/mol. The van der Waals surface area contributed by atoms with Crippen molar-refractivity contribution in [2.45, 2.75) is 44.4 Å². The highest BCUT2D eigenvalue weighted by molar-refractivity contribution is 7.89. The number of amides is 1. The molecule has 3 heterocycles. The van der Waals surface area contributed by atoms with E-state index in [9.17, 15) is 13.2 Å². The van der Waals surface area contributed by atoms with Crippen molar-refractivity contribution >= 4 is 16.1 Å². The van der Waals surface area contributed by atoms with E-state index in [-0.39, 0.29) is 36.5 Å². The van der Waals surface area contributed by atoms with Gasteiger partial charge >= 0.3 is 6.09 Å². The van der Waals surface area contributed by atoms with Crippen molar-refractivity contribution in [3.8, 4) is 0 Å². The summed E-state index contributed by atoms with van der Waals surface area (Å²) < 4.78 is 31.9. The van der Waals surface area contributed by atoms with Crippen LogP contribution in [0.5, 0.6) is 0 Å². The molecule has 1 aromatic carbocycles. The first kappa shape index (κ1) is 16.8. The summed E-state index contributed by atoms with van der Waals surface area (Å²) in [5.41, 5.74) is 0.958. The molecule has 0 aliphatic carbocycles. The lowest BCUT2D eigenvalue weighted by Crippen LogP contribution is -2.46. The number of carbonyl (C=O) groups excluding carboxylic acids is 1. The minimum atomic E-state index is -3.18. The molecule has 7 heteroatoms. The molecule has 6 nitrogen and oxygen atoms in total. The first-order valence-electron chi connectivity index (χ1n) is 9.01. The third-order valence-electron chi connectivity index (χ3n) is 5.71. The van der Waals surface area contributed by atoms with Crippen molar-refractivity contribution in [2.24, 2.45) is 5.92 Å². The van der Waals surface area contributed by atoms with Crippen molar-refractivity contribution in [1.82, 2.24) is 9.21 Å². The lowest BCUT2D eigenvalue weighted by atomic mass is 9.91. The fourth-order valence-corrected chi connectivity index (χ4v) is 6.24. The molecule has 3 fully saturated rings. The van der Waals surface area contributed by atoms with Crippen LogP contribution in [0.1, 0.15) is 31.2 Å². The zero-order valence-electron chi connectivity index (χ0n) is 14.2. The molecule has 4 rings (SSSR count). The van der Waals surface area contributed by atoms with Gasteiger partial charge in [0.05, 0.1) is 5.75 Å². The Labute approximate surface area is 148 Å². The normalized spacial score (nSPS) is 28.8. The molecule has 1 amide bonds. The van der Waals surface area contributed by atoms with Crippen LogP contribution in [0.3, 0.4) is 0 Å². The Hall–Kier alpha value is -1.60. The Kier molecular flexibility index (Phi) is 4.45. The van der Waals surface area contributed by atoms with Gasteiger partial charge in [0, 0.05) is 25.2 Å². The highest BCUT2D eigenvalue weighted by Gasteiger charge is 2.50. The summed E-state index contributed by atoms with van der Waals surface area (Å²) in [7, 11) is -3.18. The molecule has 0 N–H and O–H groups in total. The third kappa shape index (κ3) is 3.27. The van der Waals surface area contributed by atoms with Crippen molar-refractivity contribution in [1.29, 1.82) is 0 Å². The van der Waals surface area contributed by atoms with Crippen molar-refractivity contribution in [2.75, 3.05) is 18.8 Å². The minimum Gasteiger partial charge on any atom is -0.445 e. The number of ether oxygens (including phenoxy) is 1. The standard InChI is InChI=1S/C18H24N2O4S/c21-18(24-12-14-5-2-1-3-6-14)20-16-7-8-17(20)15(11-16)13-25(22,23)19-9-4-10-19/h1-3,5-6,15-17H,4,7-13H2. The average Bonchev–Trinajstić information content (AvgIpc) is 3.08. The third-order valence-corrected chi connectivity index (χ3v) is 7.72. The number of sulfonamides is 1. The van der Waals surface area contributed by atoms with E-state index < -0.39 is 10.0 Å². The van der Waals surface area contributed by atoms with Gasteiger partial charge in [0.2, 0.25) is 10.0 Å². The summed E-state index contributed by atoms with van der Waals surface area (Å²) in [4.78, 5) is 14.3. The fourth-order valence-electron chi connectivity index (χ4n) is 4.31. The molecule has 1 aromatic rings. The van der Waals surface area contributed by atoms with E-state index in [1.807, 2.05) is 30.3 Å². The van der Waals surface area contributed by atoms with Crippen LogP contribution < -0.4 is 0 Å². The molecule has 3 aliphatic heterocycles. The van der Waals surface area contributed by atoms with Gasteiger partial charge in [0.15, 0.2) is 0 Å². The van der Waals surface area contributed by atoms with Gasteiger partial charge in [0.25, 0.3) is 0 Å². The Bertz CT molecular complexity index is 733. The first-order chi connectivity index (χ1) is 12.0. The molecule has 2 bridgehead atoms. The molecule has 136 valence electrons. The van der Waals surface area contributed by atoms with E-state index in [1.165, 1.54) is 0 Å². The SMILES string of the molecule is O=C(OCc1ccccc1)N1C2CCC1C(CS(=O)(=O)N1CCC1)C2. The molecule has 3 unspecified atom stereocenters. The van der Waals surface area contributed by atoms with Crippen LogP contribution in [0, 0.1) is 5.92 Å². The van der Waals surface area contributed by atoms with Crippen molar-refractivity contribution in [3.05, 3.63) is 35.9 Å². The second-order valence-corrected chi connectivity index (χ2v) is 9.29. The van der Waals surface area contributed by atoms with Gasteiger partial charge < -0.3 is 9.64 Å². The predicted octanol–water partition coefficient (Wildman–Crippen LogP) is 2.21. The molecule has 0 saturated carbocycles. The molecule has 3 aliphatic rings. The maximum atomic E-state index is 12.5. The summed E-state index contributed by atoms with van der Waals surface area (Å²) in [5.74, 6) is 0.199. The van der Waals surface area contributed by atoms with Gasteiger partial charge in [-0.2, -0.15) is 0 Å². The van der Waals surface area contributed by atoms with E-state index in [2.05, 4.69) is 0 Å². The van der Waals surface area contributed by atoms with E-state index >= 15 is 0 Å². The lowest BCUT2D eigenvalue weighted by molar-refractivity contribution is 0.0890. The molecule has 0 aromatic heterocycles. The number of fused-ring (bicyclic) bond motifs is 2. The van der Waals surface area contributed by atoms with Gasteiger partial charge in [-0.3, -0.25) is 0 Å². The van der Waals surface area contributed by atoms with E-state index in [0.717, 1.165) is 31.2 Å². The Morgan fingerprint density at radius 3 is 2.60 bits per heavy atom. The summed E-state index contributed by atoms with van der Waals surface area (Å²) in [6.45, 7) is 1.55. The smallest absolute Gasteiger partial charge is 0.410 e. The molecule has 25 heavy (non-hydrogen) atoms. The Balaban J connectivity index is 1.37. The number of nitrogens with zero attached hydrogens (tertiary/aromatic N) is 2. The molecule has 3 atom stereocenters. The van der Waals surface area contributed by atoms with Crippen LogP contribution in [-0.4, -0.2) is 54.6 Å². The number of hydrogen-bond donors (Lipinski definition) is 0. The summed E-state index contributed by atoms with van der Waals surface area (Å²) in [6.07, 6.45) is 3.25. The number of benzene rings is 1. The molecule has 3 saturated heterocycles. The van der Waals surface area contributed by atoms with Crippen LogP contribution in [0.2, 0.25) is 0 Å². The van der Waals surface area contributed by atoms with Crippen molar-refractivity contribution in [3.63, 3.8) is 0 Å². The topological polar surface area (TPSA) is 66.9 Å². The lowest BCUT2D eigenvalue weighted by Gasteiger charge is -2.32. The van der Waals surface area contributed by atoms with Crippen molar-refractivity contribution < 1.29 is 17.9 Å². The maximum Gasteiger partial charge on any atom is 0.410 e. The minimum absolute atomic E-state index is 0.00400. The Morgan fingerprint density at radius 1 is 1.16 bits per heavy atom. The first-order valence-corrected chi connectivity index (χ1v) is 10.6. The van der Waals surface area contributed by atoms with Gasteiger partial charge in [-0.05, 0) is 37.2 Å². The Morgan fingerprint density at radius 2 is 1.92 bits per heavy atom. The van der Waals surface area contributed by atoms with E-state index in [4.69, 9.17) is 4.74 Å². The molecule has 0 radical (unpaired) electrons. The zero-order valence-corrected chi connectivity index (χ0v) is 15.0. The van der Waals surface area contributed by atoms with Gasteiger partial charge in [-0.15, -0.1) is 0 Å². The van der Waals surface area contributed by atoms with Crippen LogP contribution in [0.15, 0.2) is 30.3 Å². The van der Waals surface area contributed by atoms with Crippen LogP contribution in [0.4, 0.5) is 4.79 Å². The molecule has 0 spiro atoms. The molecular weight excluding hydrogens is 340 g/mol. The molecular formula is C18H24N2O4S. The summed E-state index contributed by atoms with van der Waals surface area (Å²) >= 11 is 0. The second kappa shape index (κ2) is 6.61. The predicted molar refractivity (Wildman–Crippen MR) is 93.4 cm³/mol.